The maximum atomic E-state index is 13.0. The van der Waals surface area contributed by atoms with Crippen LogP contribution in [0.1, 0.15) is 30.1 Å². The molecule has 1 saturated heterocycles. The number of hydrogen-bond donors (Lipinski definition) is 0. The molecule has 3 aromatic rings. The minimum Gasteiger partial charge on any atom is -0.494 e. The summed E-state index contributed by atoms with van der Waals surface area (Å²) < 4.78 is 22.0. The van der Waals surface area contributed by atoms with Gasteiger partial charge < -0.3 is 28.7 Å². The number of amides is 1. The third-order valence-corrected chi connectivity index (χ3v) is 6.37. The van der Waals surface area contributed by atoms with Crippen molar-refractivity contribution < 1.29 is 23.7 Å². The molecule has 2 heterocycles. The van der Waals surface area contributed by atoms with Gasteiger partial charge in [0, 0.05) is 37.3 Å². The van der Waals surface area contributed by atoms with Gasteiger partial charge in [-0.2, -0.15) is 0 Å². The van der Waals surface area contributed by atoms with Gasteiger partial charge in [0.25, 0.3) is 5.91 Å². The minimum absolute atomic E-state index is 0.0311. The smallest absolute Gasteiger partial charge is 0.253 e. The second kappa shape index (κ2) is 12.3. The fourth-order valence-electron chi connectivity index (χ4n) is 4.23. The van der Waals surface area contributed by atoms with Crippen LogP contribution in [0.5, 0.6) is 23.0 Å². The third-order valence-electron chi connectivity index (χ3n) is 6.37. The van der Waals surface area contributed by atoms with Gasteiger partial charge in [-0.25, -0.2) is 0 Å². The first kappa shape index (κ1) is 26.1. The highest BCUT2D eigenvalue weighted by atomic mass is 16.5. The van der Waals surface area contributed by atoms with E-state index < -0.39 is 0 Å². The largest absolute Gasteiger partial charge is 0.494 e. The van der Waals surface area contributed by atoms with Crippen molar-refractivity contribution in [3.05, 3.63) is 54.1 Å². The maximum absolute atomic E-state index is 13.0. The molecule has 1 aliphatic rings. The highest BCUT2D eigenvalue weighted by Crippen LogP contribution is 2.40. The molecule has 2 aromatic carbocycles. The number of hydrogen-bond acceptors (Lipinski definition) is 8. The van der Waals surface area contributed by atoms with Crippen LogP contribution in [-0.2, 0) is 0 Å². The predicted octanol–water partition coefficient (Wildman–Crippen LogP) is 4.31. The summed E-state index contributed by atoms with van der Waals surface area (Å²) in [6.07, 6.45) is 2.11. The van der Waals surface area contributed by atoms with E-state index in [2.05, 4.69) is 22.0 Å². The molecule has 0 spiro atoms. The lowest BCUT2D eigenvalue weighted by Gasteiger charge is -2.35. The van der Waals surface area contributed by atoms with Crippen molar-refractivity contribution in [1.82, 2.24) is 15.1 Å². The Bertz CT molecular complexity index is 1150. The lowest BCUT2D eigenvalue weighted by atomic mass is 10.1. The zero-order chi connectivity index (χ0) is 26.2. The van der Waals surface area contributed by atoms with Crippen molar-refractivity contribution in [1.29, 1.82) is 0 Å². The molecule has 37 heavy (non-hydrogen) atoms. The number of rotatable bonds is 10. The molecular weight excluding hydrogens is 472 g/mol. The van der Waals surface area contributed by atoms with Gasteiger partial charge in [0.2, 0.25) is 5.75 Å². The van der Waals surface area contributed by atoms with Gasteiger partial charge in [0.15, 0.2) is 17.3 Å². The molecule has 0 bridgehead atoms. The van der Waals surface area contributed by atoms with Gasteiger partial charge in [-0.05, 0) is 55.0 Å². The van der Waals surface area contributed by atoms with Gasteiger partial charge in [-0.15, -0.1) is 10.2 Å². The van der Waals surface area contributed by atoms with E-state index >= 15 is 0 Å². The van der Waals surface area contributed by atoms with Crippen LogP contribution in [0.3, 0.4) is 0 Å². The summed E-state index contributed by atoms with van der Waals surface area (Å²) in [6, 6.07) is 15.0. The number of unbranched alkanes of at least 4 members (excludes halogenated alkanes) is 1. The Morgan fingerprint density at radius 3 is 2.08 bits per heavy atom. The molecule has 1 fully saturated rings. The lowest BCUT2D eigenvalue weighted by Crippen LogP contribution is -2.49. The fraction of sp³-hybridized carbons (Fsp3) is 0.393. The van der Waals surface area contributed by atoms with E-state index in [4.69, 9.17) is 18.9 Å². The Labute approximate surface area is 217 Å². The summed E-state index contributed by atoms with van der Waals surface area (Å²) in [5, 5.41) is 8.88. The lowest BCUT2D eigenvalue weighted by molar-refractivity contribution is 0.0746. The van der Waals surface area contributed by atoms with Crippen LogP contribution >= 0.6 is 0 Å². The van der Waals surface area contributed by atoms with Crippen molar-refractivity contribution in [3.8, 4) is 34.3 Å². The van der Waals surface area contributed by atoms with E-state index in [0.29, 0.717) is 61.3 Å². The van der Waals surface area contributed by atoms with Crippen molar-refractivity contribution in [2.24, 2.45) is 0 Å². The van der Waals surface area contributed by atoms with Gasteiger partial charge >= 0.3 is 0 Å². The molecule has 1 aliphatic heterocycles. The number of piperazine rings is 1. The average Bonchev–Trinajstić information content (AvgIpc) is 2.96. The number of anilines is 1. The number of methoxy groups -OCH3 is 3. The molecule has 0 radical (unpaired) electrons. The van der Waals surface area contributed by atoms with Crippen LogP contribution in [-0.4, -0.2) is 75.1 Å². The van der Waals surface area contributed by atoms with E-state index in [9.17, 15) is 4.79 Å². The van der Waals surface area contributed by atoms with Gasteiger partial charge in [-0.3, -0.25) is 4.79 Å². The number of carbonyl (C=O) groups is 1. The summed E-state index contributed by atoms with van der Waals surface area (Å²) in [5.74, 6) is 3.25. The predicted molar refractivity (Wildman–Crippen MR) is 142 cm³/mol. The monoisotopic (exact) mass is 506 g/mol. The first-order valence-corrected chi connectivity index (χ1v) is 12.5. The highest BCUT2D eigenvalue weighted by Gasteiger charge is 2.23. The average molecular weight is 507 g/mol. The molecule has 0 atom stereocenters. The molecule has 1 aromatic heterocycles. The number of benzene rings is 2. The van der Waals surface area contributed by atoms with Gasteiger partial charge in [0.1, 0.15) is 5.75 Å². The molecule has 196 valence electrons. The minimum atomic E-state index is 0.0311. The Kier molecular flexibility index (Phi) is 8.66. The molecule has 9 heteroatoms. The first-order valence-electron chi connectivity index (χ1n) is 12.5. The third kappa shape index (κ3) is 6.04. The molecule has 0 aliphatic carbocycles. The van der Waals surface area contributed by atoms with Gasteiger partial charge in [0.05, 0.1) is 33.6 Å². The standard InChI is InChI=1S/C28H34N4O5/c1-5-6-17-37-22-9-7-20(8-10-22)28(33)32-15-13-31(14-16-32)26-12-11-23(29-30-26)21-18-24(34-2)27(36-4)25(19-21)35-3/h7-12,18-19H,5-6,13-17H2,1-4H3. The maximum Gasteiger partial charge on any atom is 0.253 e. The van der Waals surface area contributed by atoms with Crippen molar-refractivity contribution >= 4 is 11.7 Å². The normalized spacial score (nSPS) is 13.3. The summed E-state index contributed by atoms with van der Waals surface area (Å²) in [4.78, 5) is 17.0. The quantitative estimate of drug-likeness (QED) is 0.376. The Morgan fingerprint density at radius 1 is 0.865 bits per heavy atom. The summed E-state index contributed by atoms with van der Waals surface area (Å²) in [7, 11) is 4.73. The topological polar surface area (TPSA) is 86.3 Å². The first-order chi connectivity index (χ1) is 18.1. The van der Waals surface area contributed by atoms with E-state index in [1.807, 2.05) is 53.4 Å². The van der Waals surface area contributed by atoms with E-state index in [-0.39, 0.29) is 5.91 Å². The van der Waals surface area contributed by atoms with E-state index in [1.54, 1.807) is 21.3 Å². The Balaban J connectivity index is 1.37. The van der Waals surface area contributed by atoms with Crippen molar-refractivity contribution in [3.63, 3.8) is 0 Å². The molecule has 4 rings (SSSR count). The van der Waals surface area contributed by atoms with Crippen molar-refractivity contribution in [2.75, 3.05) is 59.0 Å². The van der Waals surface area contributed by atoms with Crippen LogP contribution in [0.2, 0.25) is 0 Å². The van der Waals surface area contributed by atoms with Crippen molar-refractivity contribution in [2.45, 2.75) is 19.8 Å². The molecule has 0 saturated carbocycles. The molecule has 0 N–H and O–H groups in total. The zero-order valence-electron chi connectivity index (χ0n) is 21.9. The second-order valence-corrected chi connectivity index (χ2v) is 8.70. The second-order valence-electron chi connectivity index (χ2n) is 8.70. The fourth-order valence-corrected chi connectivity index (χ4v) is 4.23. The highest BCUT2D eigenvalue weighted by molar-refractivity contribution is 5.94. The number of nitrogens with zero attached hydrogens (tertiary/aromatic N) is 4. The van der Waals surface area contributed by atoms with Gasteiger partial charge in [-0.1, -0.05) is 13.3 Å². The summed E-state index contributed by atoms with van der Waals surface area (Å²) in [5.41, 5.74) is 2.18. The van der Waals surface area contributed by atoms with Crippen LogP contribution in [0, 0.1) is 0 Å². The van der Waals surface area contributed by atoms with Crippen LogP contribution in [0.4, 0.5) is 5.82 Å². The molecular formula is C28H34N4O5. The number of aromatic nitrogens is 2. The molecule has 1 amide bonds. The summed E-state index contributed by atoms with van der Waals surface area (Å²) in [6.45, 7) is 5.42. The van der Waals surface area contributed by atoms with Crippen LogP contribution < -0.4 is 23.8 Å². The molecule has 0 unspecified atom stereocenters. The SMILES string of the molecule is CCCCOc1ccc(C(=O)N2CCN(c3ccc(-c4cc(OC)c(OC)c(OC)c4)nn3)CC2)cc1. The Morgan fingerprint density at radius 2 is 1.54 bits per heavy atom. The number of carbonyl (C=O) groups excluding carboxylic acids is 1. The molecule has 9 nitrogen and oxygen atoms in total. The number of ether oxygens (including phenoxy) is 4. The van der Waals surface area contributed by atoms with Crippen LogP contribution in [0.15, 0.2) is 48.5 Å². The van der Waals surface area contributed by atoms with E-state index in [1.165, 1.54) is 0 Å². The zero-order valence-corrected chi connectivity index (χ0v) is 21.9. The van der Waals surface area contributed by atoms with Crippen LogP contribution in [0.25, 0.3) is 11.3 Å². The van der Waals surface area contributed by atoms with E-state index in [0.717, 1.165) is 30.0 Å². The Hall–Kier alpha value is -4.01. The summed E-state index contributed by atoms with van der Waals surface area (Å²) >= 11 is 0.